The number of hydrogen-bond acceptors (Lipinski definition) is 4. The molecule has 1 aromatic heterocycles. The van der Waals surface area contributed by atoms with Crippen molar-refractivity contribution in [2.24, 2.45) is 0 Å². The first-order chi connectivity index (χ1) is 13.2. The summed E-state index contributed by atoms with van der Waals surface area (Å²) in [5.74, 6) is 5.97. The van der Waals surface area contributed by atoms with Crippen LogP contribution >= 0.6 is 0 Å². The molecule has 1 amide bonds. The minimum Gasteiger partial charge on any atom is -0.439 e. The van der Waals surface area contributed by atoms with Crippen LogP contribution < -0.4 is 5.32 Å². The fraction of sp³-hybridized carbons (Fsp3) is 0.0952. The Kier molecular flexibility index (Phi) is 4.50. The van der Waals surface area contributed by atoms with Crippen molar-refractivity contribution in [1.82, 2.24) is 15.3 Å². The second-order valence-electron chi connectivity index (χ2n) is 5.92. The van der Waals surface area contributed by atoms with Crippen LogP contribution in [0.3, 0.4) is 0 Å². The lowest BCUT2D eigenvalue weighted by Crippen LogP contribution is -2.22. The Labute approximate surface area is 155 Å². The lowest BCUT2D eigenvalue weighted by atomic mass is 10.0. The van der Waals surface area contributed by atoms with Crippen molar-refractivity contribution in [1.29, 1.82) is 0 Å². The minimum atomic E-state index is -0.717. The number of carbonyl (C=O) groups excluding carboxylic acids is 1. The van der Waals surface area contributed by atoms with Gasteiger partial charge in [0.15, 0.2) is 11.9 Å². The van der Waals surface area contributed by atoms with Gasteiger partial charge in [-0.25, -0.2) is 19.2 Å². The number of alkyl carbamates (subject to hydrolysis) is 1. The maximum absolute atomic E-state index is 13.6. The van der Waals surface area contributed by atoms with Gasteiger partial charge in [0, 0.05) is 11.8 Å². The molecular formula is C21H14FN3O2. The van der Waals surface area contributed by atoms with Crippen LogP contribution in [0.4, 0.5) is 9.18 Å². The fourth-order valence-electron chi connectivity index (χ4n) is 2.81. The van der Waals surface area contributed by atoms with E-state index in [1.165, 1.54) is 12.1 Å². The first-order valence-corrected chi connectivity index (χ1v) is 8.32. The van der Waals surface area contributed by atoms with Crippen LogP contribution in [-0.4, -0.2) is 16.1 Å². The van der Waals surface area contributed by atoms with Crippen molar-refractivity contribution >= 4 is 6.09 Å². The van der Waals surface area contributed by atoms with Gasteiger partial charge in [0.25, 0.3) is 0 Å². The number of aromatic nitrogens is 2. The molecule has 2 aromatic carbocycles. The van der Waals surface area contributed by atoms with E-state index in [1.54, 1.807) is 24.4 Å². The zero-order valence-electron chi connectivity index (χ0n) is 14.1. The average Bonchev–Trinajstić information content (AvgIpc) is 3.09. The Balaban J connectivity index is 1.64. The highest BCUT2D eigenvalue weighted by atomic mass is 19.1. The summed E-state index contributed by atoms with van der Waals surface area (Å²) < 4.78 is 18.9. The monoisotopic (exact) mass is 359 g/mol. The Bertz CT molecular complexity index is 1040. The highest BCUT2D eigenvalue weighted by molar-refractivity contribution is 5.70. The first kappa shape index (κ1) is 16.7. The van der Waals surface area contributed by atoms with Gasteiger partial charge in [0.05, 0.1) is 0 Å². The molecule has 132 valence electrons. The smallest absolute Gasteiger partial charge is 0.408 e. The van der Waals surface area contributed by atoms with Crippen LogP contribution in [-0.2, 0) is 4.74 Å². The summed E-state index contributed by atoms with van der Waals surface area (Å²) in [4.78, 5) is 20.5. The molecule has 27 heavy (non-hydrogen) atoms. The molecule has 1 fully saturated rings. The van der Waals surface area contributed by atoms with Gasteiger partial charge in [-0.05, 0) is 41.8 Å². The summed E-state index contributed by atoms with van der Waals surface area (Å²) >= 11 is 0. The predicted molar refractivity (Wildman–Crippen MR) is 96.0 cm³/mol. The van der Waals surface area contributed by atoms with Crippen LogP contribution in [0, 0.1) is 17.7 Å². The van der Waals surface area contributed by atoms with Crippen molar-refractivity contribution in [3.05, 3.63) is 95.3 Å². The maximum Gasteiger partial charge on any atom is 0.408 e. The summed E-state index contributed by atoms with van der Waals surface area (Å²) in [6, 6.07) is 16.5. The summed E-state index contributed by atoms with van der Waals surface area (Å²) in [6.07, 6.45) is 0.258. The summed E-state index contributed by atoms with van der Waals surface area (Å²) in [7, 11) is 0. The topological polar surface area (TPSA) is 64.1 Å². The van der Waals surface area contributed by atoms with Crippen molar-refractivity contribution in [2.45, 2.75) is 12.1 Å². The third-order valence-electron chi connectivity index (χ3n) is 4.05. The predicted octanol–water partition coefficient (Wildman–Crippen LogP) is 3.54. The first-order valence-electron chi connectivity index (χ1n) is 8.32. The van der Waals surface area contributed by atoms with Gasteiger partial charge in [0.2, 0.25) is 0 Å². The van der Waals surface area contributed by atoms with Gasteiger partial charge in [0.1, 0.15) is 17.6 Å². The molecule has 0 bridgehead atoms. The number of nitrogens with zero attached hydrogens (tertiary/aromatic N) is 2. The molecule has 0 radical (unpaired) electrons. The Hall–Kier alpha value is -3.72. The largest absolute Gasteiger partial charge is 0.439 e. The van der Waals surface area contributed by atoms with Crippen molar-refractivity contribution in [3.63, 3.8) is 0 Å². The van der Waals surface area contributed by atoms with Gasteiger partial charge >= 0.3 is 6.09 Å². The number of rotatable bonds is 2. The molecule has 4 rings (SSSR count). The lowest BCUT2D eigenvalue weighted by Gasteiger charge is -2.16. The lowest BCUT2D eigenvalue weighted by molar-refractivity contribution is 0.131. The van der Waals surface area contributed by atoms with Gasteiger partial charge in [-0.2, -0.15) is 0 Å². The molecule has 2 unspecified atom stereocenters. The van der Waals surface area contributed by atoms with Crippen molar-refractivity contribution in [2.75, 3.05) is 0 Å². The number of carbonyl (C=O) groups is 1. The molecule has 1 aliphatic heterocycles. The zero-order chi connectivity index (χ0) is 18.6. The third kappa shape index (κ3) is 3.77. The molecule has 6 heteroatoms. The van der Waals surface area contributed by atoms with Crippen LogP contribution in [0.1, 0.15) is 34.8 Å². The third-order valence-corrected chi connectivity index (χ3v) is 4.05. The minimum absolute atomic E-state index is 0.356. The molecule has 2 atom stereocenters. The van der Waals surface area contributed by atoms with Gasteiger partial charge in [-0.3, -0.25) is 0 Å². The quantitative estimate of drug-likeness (QED) is 0.711. The van der Waals surface area contributed by atoms with Crippen LogP contribution in [0.15, 0.2) is 66.9 Å². The number of cyclic esters (lactones) is 1. The molecule has 0 saturated carbocycles. The summed E-state index contributed by atoms with van der Waals surface area (Å²) in [6.45, 7) is 0. The van der Waals surface area contributed by atoms with Crippen LogP contribution in [0.2, 0.25) is 0 Å². The maximum atomic E-state index is 13.6. The molecule has 1 aliphatic rings. The highest BCUT2D eigenvalue weighted by Gasteiger charge is 2.38. The van der Waals surface area contributed by atoms with Crippen molar-refractivity contribution in [3.8, 4) is 11.8 Å². The van der Waals surface area contributed by atoms with E-state index in [1.807, 2.05) is 30.3 Å². The van der Waals surface area contributed by atoms with E-state index in [0.717, 1.165) is 5.56 Å². The number of halogens is 1. The van der Waals surface area contributed by atoms with E-state index in [9.17, 15) is 9.18 Å². The Morgan fingerprint density at radius 1 is 1.04 bits per heavy atom. The van der Waals surface area contributed by atoms with Crippen molar-refractivity contribution < 1.29 is 13.9 Å². The molecule has 5 nitrogen and oxygen atoms in total. The highest BCUT2D eigenvalue weighted by Crippen LogP contribution is 2.35. The average molecular weight is 359 g/mol. The van der Waals surface area contributed by atoms with E-state index < -0.39 is 24.1 Å². The molecule has 1 N–H and O–H groups in total. The van der Waals surface area contributed by atoms with Crippen LogP contribution in [0.5, 0.6) is 0 Å². The van der Waals surface area contributed by atoms with Gasteiger partial charge in [-0.1, -0.05) is 36.3 Å². The molecule has 2 heterocycles. The SMILES string of the molecule is O=C1NC(c2nccc(C#Cc3ccccc3)n2)C(c2cccc(F)c2)O1. The van der Waals surface area contributed by atoms with Crippen LogP contribution in [0.25, 0.3) is 0 Å². The van der Waals surface area contributed by atoms with E-state index in [4.69, 9.17) is 4.74 Å². The summed E-state index contributed by atoms with van der Waals surface area (Å²) in [5.41, 5.74) is 1.92. The van der Waals surface area contributed by atoms with E-state index in [-0.39, 0.29) is 0 Å². The normalized spacial score (nSPS) is 18.2. The fourth-order valence-corrected chi connectivity index (χ4v) is 2.81. The zero-order valence-corrected chi connectivity index (χ0v) is 14.1. The molecule has 0 spiro atoms. The van der Waals surface area contributed by atoms with Gasteiger partial charge in [-0.15, -0.1) is 0 Å². The Morgan fingerprint density at radius 2 is 1.89 bits per heavy atom. The number of ether oxygens (including phenoxy) is 1. The Morgan fingerprint density at radius 3 is 2.70 bits per heavy atom. The number of hydrogen-bond donors (Lipinski definition) is 1. The number of benzene rings is 2. The molecule has 0 aliphatic carbocycles. The second-order valence-corrected chi connectivity index (χ2v) is 5.92. The van der Waals surface area contributed by atoms with E-state index >= 15 is 0 Å². The molecule has 1 saturated heterocycles. The summed E-state index contributed by atoms with van der Waals surface area (Å²) in [5, 5.41) is 2.68. The standard InChI is InChI=1S/C21H14FN3O2/c22-16-8-4-7-15(13-16)19-18(25-21(26)27-19)20-23-12-11-17(24-20)10-9-14-5-2-1-3-6-14/h1-8,11-13,18-19H,(H,25,26). The van der Waals surface area contributed by atoms with E-state index in [2.05, 4.69) is 27.1 Å². The second kappa shape index (κ2) is 7.26. The van der Waals surface area contributed by atoms with E-state index in [0.29, 0.717) is 17.1 Å². The molecule has 3 aromatic rings. The van der Waals surface area contributed by atoms with Gasteiger partial charge < -0.3 is 10.1 Å². The molecular weight excluding hydrogens is 345 g/mol. The number of amides is 1. The number of nitrogens with one attached hydrogen (secondary N) is 1.